The van der Waals surface area contributed by atoms with Crippen LogP contribution in [0.5, 0.6) is 5.75 Å². The second-order valence-corrected chi connectivity index (χ2v) is 3.71. The van der Waals surface area contributed by atoms with E-state index < -0.39 is 0 Å². The number of carbonyl (C=O) groups is 1. The first-order valence-electron chi connectivity index (χ1n) is 5.69. The molecule has 0 aliphatic rings. The number of aromatic nitrogens is 1. The number of ether oxygens (including phenoxy) is 1. The van der Waals surface area contributed by atoms with Gasteiger partial charge in [0, 0.05) is 12.7 Å². The summed E-state index contributed by atoms with van der Waals surface area (Å²) < 4.78 is 6.23. The van der Waals surface area contributed by atoms with E-state index in [-0.39, 0.29) is 23.8 Å². The second-order valence-electron chi connectivity index (χ2n) is 3.71. The maximum atomic E-state index is 11.7. The molecule has 0 atom stereocenters. The van der Waals surface area contributed by atoms with Crippen molar-refractivity contribution in [3.8, 4) is 5.75 Å². The van der Waals surface area contributed by atoms with Gasteiger partial charge in [-0.15, -0.1) is 0 Å². The predicted molar refractivity (Wildman–Crippen MR) is 65.2 cm³/mol. The molecule has 0 spiro atoms. The third-order valence-corrected chi connectivity index (χ3v) is 2.37. The van der Waals surface area contributed by atoms with E-state index in [2.05, 4.69) is 12.2 Å². The Morgan fingerprint density at radius 3 is 2.94 bits per heavy atom. The molecule has 0 aliphatic carbocycles. The van der Waals surface area contributed by atoms with Crippen molar-refractivity contribution in [2.45, 2.75) is 26.3 Å². The molecule has 1 N–H and O–H groups in total. The molecule has 1 aromatic heterocycles. The van der Waals surface area contributed by atoms with Crippen LogP contribution in [0.1, 0.15) is 19.8 Å². The van der Waals surface area contributed by atoms with Crippen LogP contribution in [-0.4, -0.2) is 24.1 Å². The third kappa shape index (κ3) is 3.94. The summed E-state index contributed by atoms with van der Waals surface area (Å²) in [4.78, 5) is 23.3. The third-order valence-electron chi connectivity index (χ3n) is 2.37. The molecule has 1 amide bonds. The van der Waals surface area contributed by atoms with Gasteiger partial charge in [0.2, 0.25) is 5.91 Å². The van der Waals surface area contributed by atoms with Gasteiger partial charge in [0.15, 0.2) is 5.75 Å². The minimum absolute atomic E-state index is 0.0275. The lowest BCUT2D eigenvalue weighted by Crippen LogP contribution is -2.32. The normalized spacial score (nSPS) is 10.0. The molecule has 0 aromatic carbocycles. The van der Waals surface area contributed by atoms with Gasteiger partial charge < -0.3 is 14.6 Å². The zero-order chi connectivity index (χ0) is 12.7. The molecule has 5 nitrogen and oxygen atoms in total. The highest BCUT2D eigenvalue weighted by Crippen LogP contribution is 1.99. The predicted octanol–water partition coefficient (Wildman–Crippen LogP) is 0.773. The van der Waals surface area contributed by atoms with Crippen molar-refractivity contribution in [3.05, 3.63) is 28.7 Å². The lowest BCUT2D eigenvalue weighted by Gasteiger charge is -2.08. The van der Waals surface area contributed by atoms with Gasteiger partial charge in [-0.1, -0.05) is 13.3 Å². The minimum Gasteiger partial charge on any atom is -0.491 e. The fourth-order valence-electron chi connectivity index (χ4n) is 1.41. The van der Waals surface area contributed by atoms with Crippen LogP contribution in [-0.2, 0) is 11.3 Å². The van der Waals surface area contributed by atoms with Gasteiger partial charge in [-0.3, -0.25) is 9.59 Å². The highest BCUT2D eigenvalue weighted by molar-refractivity contribution is 5.75. The summed E-state index contributed by atoms with van der Waals surface area (Å²) in [5.74, 6) is 0.0858. The molecule has 1 heterocycles. The summed E-state index contributed by atoms with van der Waals surface area (Å²) >= 11 is 0. The van der Waals surface area contributed by atoms with Gasteiger partial charge in [0.1, 0.15) is 6.54 Å². The van der Waals surface area contributed by atoms with Gasteiger partial charge in [-0.05, 0) is 18.6 Å². The zero-order valence-electron chi connectivity index (χ0n) is 10.2. The Bertz CT molecular complexity index is 426. The number of pyridine rings is 1. The van der Waals surface area contributed by atoms with Crippen LogP contribution in [0.3, 0.4) is 0 Å². The van der Waals surface area contributed by atoms with Crippen LogP contribution in [0.2, 0.25) is 0 Å². The average Bonchev–Trinajstić information content (AvgIpc) is 2.32. The first-order chi connectivity index (χ1) is 8.19. The Hall–Kier alpha value is -1.78. The molecule has 0 saturated heterocycles. The number of nitrogens with one attached hydrogen (secondary N) is 1. The van der Waals surface area contributed by atoms with E-state index >= 15 is 0 Å². The quantitative estimate of drug-likeness (QED) is 0.745. The fourth-order valence-corrected chi connectivity index (χ4v) is 1.41. The number of hydrogen-bond donors (Lipinski definition) is 1. The molecule has 0 aliphatic heterocycles. The van der Waals surface area contributed by atoms with E-state index in [4.69, 9.17) is 4.74 Å². The van der Waals surface area contributed by atoms with E-state index in [0.29, 0.717) is 6.54 Å². The molecular weight excluding hydrogens is 220 g/mol. The zero-order valence-corrected chi connectivity index (χ0v) is 10.2. The lowest BCUT2D eigenvalue weighted by molar-refractivity contribution is -0.121. The molecule has 0 saturated carbocycles. The van der Waals surface area contributed by atoms with E-state index in [1.165, 1.54) is 11.7 Å². The number of unbranched alkanes of at least 4 members (excludes halogenated alkanes) is 1. The average molecular weight is 238 g/mol. The molecule has 0 fully saturated rings. The monoisotopic (exact) mass is 238 g/mol. The van der Waals surface area contributed by atoms with Gasteiger partial charge in [0.25, 0.3) is 5.56 Å². The summed E-state index contributed by atoms with van der Waals surface area (Å²) in [7, 11) is 1.43. The van der Waals surface area contributed by atoms with E-state index in [1.54, 1.807) is 18.3 Å². The Labute approximate surface area is 100 Å². The van der Waals surface area contributed by atoms with Crippen LogP contribution >= 0.6 is 0 Å². The molecule has 1 aromatic rings. The van der Waals surface area contributed by atoms with Crippen LogP contribution in [0.25, 0.3) is 0 Å². The summed E-state index contributed by atoms with van der Waals surface area (Å²) in [5, 5.41) is 2.76. The molecule has 0 bridgehead atoms. The largest absolute Gasteiger partial charge is 0.491 e. The number of nitrogens with zero attached hydrogens (tertiary/aromatic N) is 1. The van der Waals surface area contributed by atoms with Crippen LogP contribution in [0, 0.1) is 0 Å². The number of hydrogen-bond acceptors (Lipinski definition) is 3. The van der Waals surface area contributed by atoms with E-state index in [0.717, 1.165) is 12.8 Å². The number of rotatable bonds is 6. The first kappa shape index (κ1) is 13.3. The van der Waals surface area contributed by atoms with E-state index in [9.17, 15) is 9.59 Å². The van der Waals surface area contributed by atoms with Crippen LogP contribution in [0.15, 0.2) is 23.1 Å². The smallest absolute Gasteiger partial charge is 0.293 e. The van der Waals surface area contributed by atoms with Crippen molar-refractivity contribution in [2.75, 3.05) is 13.7 Å². The topological polar surface area (TPSA) is 60.3 Å². The highest BCUT2D eigenvalue weighted by atomic mass is 16.5. The molecule has 17 heavy (non-hydrogen) atoms. The Morgan fingerprint density at radius 2 is 2.29 bits per heavy atom. The van der Waals surface area contributed by atoms with Crippen LogP contribution in [0.4, 0.5) is 0 Å². The Morgan fingerprint density at radius 1 is 1.53 bits per heavy atom. The van der Waals surface area contributed by atoms with Gasteiger partial charge in [0.05, 0.1) is 7.11 Å². The summed E-state index contributed by atoms with van der Waals surface area (Å²) in [6, 6.07) is 3.26. The molecular formula is C12H18N2O3. The maximum absolute atomic E-state index is 11.7. The maximum Gasteiger partial charge on any atom is 0.293 e. The summed E-state index contributed by atoms with van der Waals surface area (Å²) in [6.45, 7) is 2.73. The van der Waals surface area contributed by atoms with Gasteiger partial charge >= 0.3 is 0 Å². The second kappa shape index (κ2) is 6.73. The van der Waals surface area contributed by atoms with Crippen molar-refractivity contribution in [1.29, 1.82) is 0 Å². The van der Waals surface area contributed by atoms with Crippen molar-refractivity contribution < 1.29 is 9.53 Å². The van der Waals surface area contributed by atoms with Crippen molar-refractivity contribution in [1.82, 2.24) is 9.88 Å². The highest BCUT2D eigenvalue weighted by Gasteiger charge is 2.06. The number of carbonyl (C=O) groups excluding carboxylic acids is 1. The number of methoxy groups -OCH3 is 1. The molecule has 5 heteroatoms. The SMILES string of the molecule is CCCCNC(=O)Cn1cccc(OC)c1=O. The number of amides is 1. The van der Waals surface area contributed by atoms with E-state index in [1.807, 2.05) is 0 Å². The Balaban J connectivity index is 2.62. The molecule has 0 radical (unpaired) electrons. The summed E-state index contributed by atoms with van der Waals surface area (Å²) in [6.07, 6.45) is 3.54. The molecule has 1 rings (SSSR count). The Kier molecular flexibility index (Phi) is 5.26. The van der Waals surface area contributed by atoms with Gasteiger partial charge in [-0.25, -0.2) is 0 Å². The van der Waals surface area contributed by atoms with Crippen molar-refractivity contribution >= 4 is 5.91 Å². The standard InChI is InChI=1S/C12H18N2O3/c1-3-4-7-13-11(15)9-14-8-5-6-10(17-2)12(14)16/h5-6,8H,3-4,7,9H2,1-2H3,(H,13,15). The first-order valence-corrected chi connectivity index (χ1v) is 5.69. The van der Waals surface area contributed by atoms with Crippen molar-refractivity contribution in [2.24, 2.45) is 0 Å². The fraction of sp³-hybridized carbons (Fsp3) is 0.500. The van der Waals surface area contributed by atoms with Crippen LogP contribution < -0.4 is 15.6 Å². The molecule has 94 valence electrons. The lowest BCUT2D eigenvalue weighted by atomic mass is 10.3. The van der Waals surface area contributed by atoms with Gasteiger partial charge in [-0.2, -0.15) is 0 Å². The van der Waals surface area contributed by atoms with Crippen molar-refractivity contribution in [3.63, 3.8) is 0 Å². The minimum atomic E-state index is -0.291. The molecule has 0 unspecified atom stereocenters. The summed E-state index contributed by atoms with van der Waals surface area (Å²) in [5.41, 5.74) is -0.291.